The van der Waals surface area contributed by atoms with Crippen molar-refractivity contribution in [2.75, 3.05) is 92.1 Å². The van der Waals surface area contributed by atoms with Crippen LogP contribution in [0, 0.1) is 0 Å². The Morgan fingerprint density at radius 1 is 0.762 bits per heavy atom. The smallest absolute Gasteiger partial charge is 0.407 e. The van der Waals surface area contributed by atoms with Crippen LogP contribution < -0.4 is 5.32 Å². The minimum Gasteiger partial charge on any atom is -0.444 e. The van der Waals surface area contributed by atoms with Gasteiger partial charge in [-0.15, -0.1) is 0 Å². The van der Waals surface area contributed by atoms with Crippen molar-refractivity contribution in [2.45, 2.75) is 32.4 Å². The lowest BCUT2D eigenvalue weighted by atomic mass is 9.96. The van der Waals surface area contributed by atoms with Crippen LogP contribution in [0.1, 0.15) is 37.9 Å². The molecule has 1 fully saturated rings. The average Bonchev–Trinajstić information content (AvgIpc) is 2.96. The lowest BCUT2D eigenvalue weighted by Crippen LogP contribution is -2.48. The molecule has 1 unspecified atom stereocenters. The van der Waals surface area contributed by atoms with E-state index < -0.39 is 11.7 Å². The first-order valence-corrected chi connectivity index (χ1v) is 15.2. The second-order valence-corrected chi connectivity index (χ2v) is 11.6. The summed E-state index contributed by atoms with van der Waals surface area (Å²) in [7, 11) is 0. The number of alkyl carbamates (subject to hydrolysis) is 1. The third-order valence-electron chi connectivity index (χ3n) is 6.66. The molecule has 1 aliphatic rings. The highest BCUT2D eigenvalue weighted by Crippen LogP contribution is 2.30. The highest BCUT2D eigenvalue weighted by Gasteiger charge is 2.26. The molecule has 1 N–H and O–H groups in total. The molecule has 0 spiro atoms. The van der Waals surface area contributed by atoms with Crippen molar-refractivity contribution in [3.8, 4) is 0 Å². The number of benzene rings is 2. The maximum atomic E-state index is 11.5. The van der Waals surface area contributed by atoms with Crippen LogP contribution in [0.25, 0.3) is 0 Å². The highest BCUT2D eigenvalue weighted by molar-refractivity contribution is 6.30. The molecule has 10 heteroatoms. The lowest BCUT2D eigenvalue weighted by Gasteiger charge is -2.39. The van der Waals surface area contributed by atoms with E-state index in [1.807, 2.05) is 32.9 Å². The van der Waals surface area contributed by atoms with E-state index in [0.29, 0.717) is 59.4 Å². The molecule has 0 aromatic heterocycles. The number of carbonyl (C=O) groups is 1. The summed E-state index contributed by atoms with van der Waals surface area (Å²) in [6.45, 7) is 15.0. The molecule has 42 heavy (non-hydrogen) atoms. The number of carbonyl (C=O) groups excluding carboxylic acids is 1. The Morgan fingerprint density at radius 3 is 1.86 bits per heavy atom. The van der Waals surface area contributed by atoms with Crippen molar-refractivity contribution in [3.63, 3.8) is 0 Å². The Labute approximate surface area is 256 Å². The summed E-state index contributed by atoms with van der Waals surface area (Å²) in [4.78, 5) is 16.5. The zero-order valence-corrected chi connectivity index (χ0v) is 26.2. The second kappa shape index (κ2) is 19.1. The van der Waals surface area contributed by atoms with Gasteiger partial charge in [-0.3, -0.25) is 9.80 Å². The zero-order valence-electron chi connectivity index (χ0n) is 25.4. The Bertz CT molecular complexity index is 998. The fraction of sp³-hybridized carbons (Fsp3) is 0.594. The summed E-state index contributed by atoms with van der Waals surface area (Å²) in [6.07, 6.45) is -0.440. The lowest BCUT2D eigenvalue weighted by molar-refractivity contribution is -0.00548. The third kappa shape index (κ3) is 13.8. The quantitative estimate of drug-likeness (QED) is 0.246. The van der Waals surface area contributed by atoms with Crippen molar-refractivity contribution in [2.24, 2.45) is 0 Å². The van der Waals surface area contributed by atoms with Gasteiger partial charge in [0.05, 0.1) is 58.9 Å². The van der Waals surface area contributed by atoms with E-state index in [9.17, 15) is 4.79 Å². The van der Waals surface area contributed by atoms with Gasteiger partial charge in [0.1, 0.15) is 5.60 Å². The van der Waals surface area contributed by atoms with E-state index in [0.717, 1.165) is 37.7 Å². The SMILES string of the molecule is CC(C)(C)OC(=O)NCCOCCOCCOCCOCCN1CCN(C(c2ccccc2)c2ccc(Cl)cc2)CC1. The number of amides is 1. The molecular weight excluding hydrogens is 558 g/mol. The van der Waals surface area contributed by atoms with Gasteiger partial charge in [-0.2, -0.15) is 0 Å². The summed E-state index contributed by atoms with van der Waals surface area (Å²) in [5.74, 6) is 0. The molecule has 2 aromatic rings. The molecule has 0 radical (unpaired) electrons. The van der Waals surface area contributed by atoms with Crippen LogP contribution in [0.5, 0.6) is 0 Å². The van der Waals surface area contributed by atoms with E-state index >= 15 is 0 Å². The topological polar surface area (TPSA) is 81.7 Å². The molecule has 234 valence electrons. The van der Waals surface area contributed by atoms with E-state index in [4.69, 9.17) is 35.3 Å². The number of ether oxygens (including phenoxy) is 5. The molecule has 9 nitrogen and oxygen atoms in total. The zero-order chi connectivity index (χ0) is 30.0. The maximum absolute atomic E-state index is 11.5. The van der Waals surface area contributed by atoms with Gasteiger partial charge in [-0.1, -0.05) is 54.1 Å². The van der Waals surface area contributed by atoms with E-state index in [-0.39, 0.29) is 6.04 Å². The minimum absolute atomic E-state index is 0.226. The van der Waals surface area contributed by atoms with Gasteiger partial charge >= 0.3 is 6.09 Å². The number of rotatable bonds is 18. The predicted octanol–water partition coefficient (Wildman–Crippen LogP) is 4.64. The van der Waals surface area contributed by atoms with E-state index in [1.54, 1.807) is 0 Å². The molecule has 1 saturated heterocycles. The molecule has 0 bridgehead atoms. The molecule has 1 heterocycles. The number of hydrogen-bond acceptors (Lipinski definition) is 8. The summed E-state index contributed by atoms with van der Waals surface area (Å²) in [5.41, 5.74) is 2.07. The number of halogens is 1. The van der Waals surface area contributed by atoms with Gasteiger partial charge in [-0.25, -0.2) is 4.79 Å². The van der Waals surface area contributed by atoms with E-state index in [1.165, 1.54) is 11.1 Å². The van der Waals surface area contributed by atoms with Crippen molar-refractivity contribution in [1.29, 1.82) is 0 Å². The first-order valence-electron chi connectivity index (χ1n) is 14.9. The largest absolute Gasteiger partial charge is 0.444 e. The Kier molecular flexibility index (Phi) is 15.6. The van der Waals surface area contributed by atoms with E-state index in [2.05, 4.69) is 57.6 Å². The standard InChI is InChI=1S/C32H48ClN3O6/c1-32(2,3)42-31(37)34-13-19-38-21-23-40-25-26-41-24-22-39-20-18-35-14-16-36(17-15-35)30(27-7-5-4-6-8-27)28-9-11-29(33)12-10-28/h4-12,30H,13-26H2,1-3H3,(H,34,37). The molecule has 0 aliphatic carbocycles. The van der Waals surface area contributed by atoms with Crippen LogP contribution in [0.3, 0.4) is 0 Å². The highest BCUT2D eigenvalue weighted by atomic mass is 35.5. The van der Waals surface area contributed by atoms with Crippen molar-refractivity contribution >= 4 is 17.7 Å². The van der Waals surface area contributed by atoms with Gasteiger partial charge in [0.15, 0.2) is 0 Å². The number of nitrogens with zero attached hydrogens (tertiary/aromatic N) is 2. The molecular formula is C32H48ClN3O6. The van der Waals surface area contributed by atoms with Crippen molar-refractivity contribution < 1.29 is 28.5 Å². The number of piperazine rings is 1. The van der Waals surface area contributed by atoms with Gasteiger partial charge < -0.3 is 29.0 Å². The molecule has 2 aromatic carbocycles. The monoisotopic (exact) mass is 605 g/mol. The van der Waals surface area contributed by atoms with Crippen LogP contribution in [-0.4, -0.2) is 114 Å². The maximum Gasteiger partial charge on any atom is 0.407 e. The van der Waals surface area contributed by atoms with Crippen LogP contribution in [0.4, 0.5) is 4.79 Å². The number of nitrogens with one attached hydrogen (secondary N) is 1. The molecule has 1 aliphatic heterocycles. The third-order valence-corrected chi connectivity index (χ3v) is 6.91. The summed E-state index contributed by atoms with van der Waals surface area (Å²) in [5, 5.41) is 3.41. The van der Waals surface area contributed by atoms with Crippen molar-refractivity contribution in [1.82, 2.24) is 15.1 Å². The van der Waals surface area contributed by atoms with Gasteiger partial charge in [-0.05, 0) is 44.0 Å². The van der Waals surface area contributed by atoms with Crippen LogP contribution in [0.2, 0.25) is 5.02 Å². The van der Waals surface area contributed by atoms with Crippen LogP contribution >= 0.6 is 11.6 Å². The Hall–Kier alpha value is -2.24. The number of hydrogen-bond donors (Lipinski definition) is 1. The Balaban J connectivity index is 1.16. The Morgan fingerprint density at radius 2 is 1.29 bits per heavy atom. The van der Waals surface area contributed by atoms with Gasteiger partial charge in [0, 0.05) is 44.3 Å². The predicted molar refractivity (Wildman–Crippen MR) is 165 cm³/mol. The van der Waals surface area contributed by atoms with Crippen molar-refractivity contribution in [3.05, 3.63) is 70.7 Å². The van der Waals surface area contributed by atoms with Crippen LogP contribution in [0.15, 0.2) is 54.6 Å². The van der Waals surface area contributed by atoms with Gasteiger partial charge in [0.25, 0.3) is 0 Å². The molecule has 1 amide bonds. The minimum atomic E-state index is -0.503. The fourth-order valence-corrected chi connectivity index (χ4v) is 4.76. The molecule has 0 saturated carbocycles. The normalized spacial score (nSPS) is 15.4. The summed E-state index contributed by atoms with van der Waals surface area (Å²) < 4.78 is 27.5. The first-order chi connectivity index (χ1) is 20.3. The fourth-order valence-electron chi connectivity index (χ4n) is 4.63. The average molecular weight is 606 g/mol. The molecule has 1 atom stereocenters. The molecule has 3 rings (SSSR count). The summed E-state index contributed by atoms with van der Waals surface area (Å²) >= 11 is 6.16. The second-order valence-electron chi connectivity index (χ2n) is 11.1. The van der Waals surface area contributed by atoms with Gasteiger partial charge in [0.2, 0.25) is 0 Å². The van der Waals surface area contributed by atoms with Crippen LogP contribution in [-0.2, 0) is 23.7 Å². The first kappa shape index (κ1) is 34.3. The summed E-state index contributed by atoms with van der Waals surface area (Å²) in [6, 6.07) is 19.2.